The molecule has 9 nitrogen and oxygen atoms in total. The van der Waals surface area contributed by atoms with E-state index < -0.39 is 17.3 Å². The molecule has 0 unspecified atom stereocenters. The maximum atomic E-state index is 15.8. The van der Waals surface area contributed by atoms with Crippen LogP contribution in [0.3, 0.4) is 0 Å². The maximum Gasteiger partial charge on any atom is 0.422 e. The minimum atomic E-state index is -0.764. The summed E-state index contributed by atoms with van der Waals surface area (Å²) in [6, 6.07) is 28.6. The van der Waals surface area contributed by atoms with E-state index in [1.165, 1.54) is 6.07 Å². The Morgan fingerprint density at radius 2 is 1.52 bits per heavy atom. The molecule has 2 saturated heterocycles. The minimum Gasteiger partial charge on any atom is -0.473 e. The number of carbonyl (C=O) groups is 1. The molecule has 1 aromatic heterocycles. The second-order valence-corrected chi connectivity index (χ2v) is 15.0. The molecule has 0 aliphatic carbocycles. The molecule has 2 aliphatic heterocycles. The Hall–Kier alpha value is -4.67. The van der Waals surface area contributed by atoms with Crippen molar-refractivity contribution in [2.24, 2.45) is 5.92 Å². The third-order valence-corrected chi connectivity index (χ3v) is 9.86. The van der Waals surface area contributed by atoms with E-state index in [9.17, 15) is 9.90 Å². The molecule has 0 radical (unpaired) electrons. The number of piperidine rings is 2. The molecule has 4 aromatic rings. The number of ether oxygens (including phenoxy) is 3. The number of halogens is 1. The van der Waals surface area contributed by atoms with Gasteiger partial charge in [-0.25, -0.2) is 14.2 Å². The first kappa shape index (κ1) is 37.1. The van der Waals surface area contributed by atoms with Crippen molar-refractivity contribution in [3.8, 4) is 22.9 Å². The van der Waals surface area contributed by atoms with Crippen molar-refractivity contribution in [1.82, 2.24) is 15.4 Å². The predicted octanol–water partition coefficient (Wildman–Crippen LogP) is 8.31. The number of benzene rings is 3. The number of nitrogens with one attached hydrogen (secondary N) is 1. The summed E-state index contributed by atoms with van der Waals surface area (Å²) in [7, 11) is 0. The van der Waals surface area contributed by atoms with Crippen LogP contribution < -0.4 is 19.8 Å². The fourth-order valence-corrected chi connectivity index (χ4v) is 6.87. The van der Waals surface area contributed by atoms with Gasteiger partial charge in [-0.3, -0.25) is 5.43 Å². The zero-order valence-corrected chi connectivity index (χ0v) is 30.5. The van der Waals surface area contributed by atoms with E-state index >= 15 is 4.39 Å². The van der Waals surface area contributed by atoms with E-state index in [0.717, 1.165) is 49.9 Å². The molecule has 6 rings (SSSR count). The van der Waals surface area contributed by atoms with Gasteiger partial charge in [-0.2, -0.15) is 4.98 Å². The average molecular weight is 711 g/mol. The van der Waals surface area contributed by atoms with Gasteiger partial charge in [0, 0.05) is 37.8 Å². The number of anilines is 1. The second kappa shape index (κ2) is 16.8. The lowest BCUT2D eigenvalue weighted by molar-refractivity contribution is -0.00255. The van der Waals surface area contributed by atoms with Gasteiger partial charge in [-0.1, -0.05) is 66.7 Å². The lowest BCUT2D eigenvalue weighted by Gasteiger charge is -2.40. The quantitative estimate of drug-likeness (QED) is 0.152. The number of hydrogen-bond donors (Lipinski definition) is 2. The van der Waals surface area contributed by atoms with E-state index in [1.54, 1.807) is 6.07 Å². The van der Waals surface area contributed by atoms with Gasteiger partial charge >= 0.3 is 6.09 Å². The first-order valence-electron chi connectivity index (χ1n) is 18.4. The lowest BCUT2D eigenvalue weighted by atomic mass is 9.82. The number of aliphatic hydroxyl groups is 1. The van der Waals surface area contributed by atoms with Crippen LogP contribution in [0, 0.1) is 11.7 Å². The van der Waals surface area contributed by atoms with Crippen molar-refractivity contribution in [2.75, 3.05) is 31.1 Å². The normalized spacial score (nSPS) is 16.7. The summed E-state index contributed by atoms with van der Waals surface area (Å²) in [6.45, 7) is 8.89. The Labute approximate surface area is 306 Å². The fourth-order valence-electron chi connectivity index (χ4n) is 6.87. The third kappa shape index (κ3) is 10.4. The molecule has 3 heterocycles. The minimum absolute atomic E-state index is 0.310. The van der Waals surface area contributed by atoms with Crippen LogP contribution in [-0.4, -0.2) is 58.6 Å². The molecule has 0 bridgehead atoms. The van der Waals surface area contributed by atoms with Crippen LogP contribution in [0.5, 0.6) is 11.8 Å². The van der Waals surface area contributed by atoms with Gasteiger partial charge in [0.1, 0.15) is 24.6 Å². The molecule has 10 heteroatoms. The van der Waals surface area contributed by atoms with Gasteiger partial charge in [0.25, 0.3) is 0 Å². The summed E-state index contributed by atoms with van der Waals surface area (Å²) in [5, 5.41) is 13.4. The molecule has 2 aliphatic rings. The maximum absolute atomic E-state index is 15.8. The highest BCUT2D eigenvalue weighted by atomic mass is 19.1. The van der Waals surface area contributed by atoms with Crippen LogP contribution in [0.1, 0.15) is 70.4 Å². The number of rotatable bonds is 12. The van der Waals surface area contributed by atoms with Crippen LogP contribution in [0.4, 0.5) is 14.9 Å². The van der Waals surface area contributed by atoms with Crippen LogP contribution >= 0.6 is 0 Å². The number of pyridine rings is 1. The molecule has 276 valence electrons. The summed E-state index contributed by atoms with van der Waals surface area (Å²) in [5.74, 6) is 0.959. The number of hydrogen-bond acceptors (Lipinski definition) is 8. The Morgan fingerprint density at radius 3 is 2.13 bits per heavy atom. The van der Waals surface area contributed by atoms with Crippen LogP contribution in [0.15, 0.2) is 91.0 Å². The topological polar surface area (TPSA) is 96.4 Å². The van der Waals surface area contributed by atoms with Crippen molar-refractivity contribution in [3.05, 3.63) is 108 Å². The molecular formula is C42H51FN4O5. The highest BCUT2D eigenvalue weighted by Crippen LogP contribution is 2.37. The summed E-state index contributed by atoms with van der Waals surface area (Å²) in [6.07, 6.45) is 4.29. The summed E-state index contributed by atoms with van der Waals surface area (Å²) < 4.78 is 33.4. The molecule has 2 fully saturated rings. The average Bonchev–Trinajstić information content (AvgIpc) is 3.13. The van der Waals surface area contributed by atoms with Gasteiger partial charge < -0.3 is 24.2 Å². The van der Waals surface area contributed by atoms with E-state index in [2.05, 4.69) is 10.4 Å². The standard InChI is InChI=1S/C42H51FN4O5/c1-41(2,3)52-40(48)45-47-24-19-31(20-25-47)18-21-42(49)22-26-46(27-23-42)37-16-14-34(28-36(37)43)35-15-17-38(50-29-32-10-6-4-7-11-32)44-39(35)51-30-33-12-8-5-9-13-33/h4-17,28,31,49H,18-27,29-30H2,1-3H3,(H,45,48). The number of aromatic nitrogens is 1. The van der Waals surface area contributed by atoms with Crippen molar-refractivity contribution in [2.45, 2.75) is 83.7 Å². The zero-order valence-electron chi connectivity index (χ0n) is 30.5. The van der Waals surface area contributed by atoms with E-state index in [0.29, 0.717) is 73.6 Å². The first-order chi connectivity index (χ1) is 25.0. The molecule has 0 saturated carbocycles. The molecule has 3 aromatic carbocycles. The first-order valence-corrected chi connectivity index (χ1v) is 18.4. The fraction of sp³-hybridized carbons (Fsp3) is 0.429. The van der Waals surface area contributed by atoms with Crippen LogP contribution in [0.2, 0.25) is 0 Å². The highest BCUT2D eigenvalue weighted by molar-refractivity contribution is 5.71. The number of nitrogens with zero attached hydrogens (tertiary/aromatic N) is 3. The largest absolute Gasteiger partial charge is 0.473 e. The van der Waals surface area contributed by atoms with E-state index in [1.807, 2.05) is 110 Å². The molecular weight excluding hydrogens is 659 g/mol. The molecule has 1 amide bonds. The number of amides is 1. The summed E-state index contributed by atoms with van der Waals surface area (Å²) in [4.78, 5) is 18.8. The SMILES string of the molecule is CC(C)(C)OC(=O)NN1CCC(CCC2(O)CCN(c3ccc(-c4ccc(OCc5ccccc5)nc4OCc4ccccc4)cc3F)CC2)CC1. The Bertz CT molecular complexity index is 1750. The molecule has 52 heavy (non-hydrogen) atoms. The molecule has 0 spiro atoms. The van der Waals surface area contributed by atoms with Crippen LogP contribution in [-0.2, 0) is 18.0 Å². The number of hydrazine groups is 1. The van der Waals surface area contributed by atoms with Crippen LogP contribution in [0.25, 0.3) is 11.1 Å². The van der Waals surface area contributed by atoms with Crippen molar-refractivity contribution in [3.63, 3.8) is 0 Å². The molecule has 2 N–H and O–H groups in total. The second-order valence-electron chi connectivity index (χ2n) is 15.0. The zero-order chi connectivity index (χ0) is 36.6. The van der Waals surface area contributed by atoms with Gasteiger partial charge in [-0.05, 0) is 100 Å². The van der Waals surface area contributed by atoms with Gasteiger partial charge in [-0.15, -0.1) is 0 Å². The summed E-state index contributed by atoms with van der Waals surface area (Å²) in [5.41, 5.74) is 5.43. The number of carbonyl (C=O) groups excluding carboxylic acids is 1. The smallest absolute Gasteiger partial charge is 0.422 e. The van der Waals surface area contributed by atoms with Crippen molar-refractivity contribution >= 4 is 11.8 Å². The third-order valence-electron chi connectivity index (χ3n) is 9.86. The monoisotopic (exact) mass is 710 g/mol. The Balaban J connectivity index is 1.04. The van der Waals surface area contributed by atoms with Gasteiger partial charge in [0.2, 0.25) is 11.8 Å². The van der Waals surface area contributed by atoms with Crippen molar-refractivity contribution in [1.29, 1.82) is 0 Å². The van der Waals surface area contributed by atoms with Gasteiger partial charge in [0.05, 0.1) is 11.3 Å². The summed E-state index contributed by atoms with van der Waals surface area (Å²) >= 11 is 0. The van der Waals surface area contributed by atoms with Crippen molar-refractivity contribution < 1.29 is 28.5 Å². The van der Waals surface area contributed by atoms with E-state index in [4.69, 9.17) is 14.2 Å². The Morgan fingerprint density at radius 1 is 0.885 bits per heavy atom. The van der Waals surface area contributed by atoms with E-state index in [-0.39, 0.29) is 5.82 Å². The highest BCUT2D eigenvalue weighted by Gasteiger charge is 2.34. The Kier molecular flexibility index (Phi) is 12.0. The predicted molar refractivity (Wildman–Crippen MR) is 200 cm³/mol. The molecule has 0 atom stereocenters. The van der Waals surface area contributed by atoms with Gasteiger partial charge in [0.15, 0.2) is 0 Å². The lowest BCUT2D eigenvalue weighted by Crippen LogP contribution is -2.48.